The third-order valence-corrected chi connectivity index (χ3v) is 3.51. The van der Waals surface area contributed by atoms with Gasteiger partial charge in [-0.2, -0.15) is 0 Å². The summed E-state index contributed by atoms with van der Waals surface area (Å²) >= 11 is 1.58. The van der Waals surface area contributed by atoms with Gasteiger partial charge in [0.25, 0.3) is 0 Å². The summed E-state index contributed by atoms with van der Waals surface area (Å²) in [5.74, 6) is -1.43. The highest BCUT2D eigenvalue weighted by Crippen LogP contribution is 2.29. The molecule has 2 aromatic carbocycles. The predicted molar refractivity (Wildman–Crippen MR) is 77.4 cm³/mol. The number of hydrogen-bond acceptors (Lipinski definition) is 3. The number of rotatable bonds is 5. The molecular weight excluding hydrogens is 280 g/mol. The SMILES string of the molecule is CSc1ccc(Oc2c(F)cc(CCN)cc2F)cc1. The van der Waals surface area contributed by atoms with E-state index in [0.717, 1.165) is 4.90 Å². The van der Waals surface area contributed by atoms with Crippen molar-refractivity contribution in [3.8, 4) is 11.5 Å². The summed E-state index contributed by atoms with van der Waals surface area (Å²) < 4.78 is 33.0. The van der Waals surface area contributed by atoms with Crippen molar-refractivity contribution in [2.45, 2.75) is 11.3 Å². The highest BCUT2D eigenvalue weighted by Gasteiger charge is 2.13. The fourth-order valence-electron chi connectivity index (χ4n) is 1.78. The third kappa shape index (κ3) is 3.49. The van der Waals surface area contributed by atoms with Crippen molar-refractivity contribution in [1.82, 2.24) is 0 Å². The second-order valence-corrected chi connectivity index (χ2v) is 5.08. The van der Waals surface area contributed by atoms with Gasteiger partial charge in [-0.15, -0.1) is 11.8 Å². The molecule has 0 fully saturated rings. The van der Waals surface area contributed by atoms with Gasteiger partial charge in [0, 0.05) is 4.90 Å². The van der Waals surface area contributed by atoms with E-state index in [1.54, 1.807) is 23.9 Å². The molecule has 20 heavy (non-hydrogen) atoms. The minimum absolute atomic E-state index is 0.342. The van der Waals surface area contributed by atoms with Crippen LogP contribution in [0.15, 0.2) is 41.3 Å². The topological polar surface area (TPSA) is 35.2 Å². The van der Waals surface area contributed by atoms with E-state index in [0.29, 0.717) is 24.3 Å². The second kappa shape index (κ2) is 6.72. The smallest absolute Gasteiger partial charge is 0.198 e. The Hall–Kier alpha value is -1.59. The zero-order chi connectivity index (χ0) is 14.5. The zero-order valence-electron chi connectivity index (χ0n) is 11.0. The monoisotopic (exact) mass is 295 g/mol. The Bertz CT molecular complexity index is 564. The minimum atomic E-state index is -0.720. The summed E-state index contributed by atoms with van der Waals surface area (Å²) in [5.41, 5.74) is 5.89. The Balaban J connectivity index is 2.23. The van der Waals surface area contributed by atoms with Crippen LogP contribution in [0.5, 0.6) is 11.5 Å². The average molecular weight is 295 g/mol. The van der Waals surface area contributed by atoms with Crippen molar-refractivity contribution in [2.24, 2.45) is 5.73 Å². The van der Waals surface area contributed by atoms with E-state index < -0.39 is 11.6 Å². The van der Waals surface area contributed by atoms with Crippen LogP contribution in [0, 0.1) is 11.6 Å². The Labute approximate surface area is 120 Å². The van der Waals surface area contributed by atoms with Gasteiger partial charge in [-0.1, -0.05) is 0 Å². The molecule has 2 aromatic rings. The normalized spacial score (nSPS) is 10.6. The van der Waals surface area contributed by atoms with Crippen LogP contribution in [-0.2, 0) is 6.42 Å². The lowest BCUT2D eigenvalue weighted by molar-refractivity contribution is 0.406. The van der Waals surface area contributed by atoms with Gasteiger partial charge in [0.15, 0.2) is 17.4 Å². The first kappa shape index (κ1) is 14.8. The van der Waals surface area contributed by atoms with Crippen LogP contribution in [0.25, 0.3) is 0 Å². The summed E-state index contributed by atoms with van der Waals surface area (Å²) in [6, 6.07) is 9.53. The van der Waals surface area contributed by atoms with Crippen molar-refractivity contribution in [3.05, 3.63) is 53.6 Å². The van der Waals surface area contributed by atoms with Crippen molar-refractivity contribution < 1.29 is 13.5 Å². The number of halogens is 2. The highest BCUT2D eigenvalue weighted by atomic mass is 32.2. The molecule has 0 amide bonds. The molecule has 106 valence electrons. The van der Waals surface area contributed by atoms with Crippen LogP contribution in [0.4, 0.5) is 8.78 Å². The summed E-state index contributed by atoms with van der Waals surface area (Å²) in [6.45, 7) is 0.342. The van der Waals surface area contributed by atoms with Crippen LogP contribution in [-0.4, -0.2) is 12.8 Å². The Morgan fingerprint density at radius 3 is 2.20 bits per heavy atom. The molecule has 2 N–H and O–H groups in total. The van der Waals surface area contributed by atoms with Crippen molar-refractivity contribution in [1.29, 1.82) is 0 Å². The first-order valence-corrected chi connectivity index (χ1v) is 7.36. The molecule has 0 atom stereocenters. The zero-order valence-corrected chi connectivity index (χ0v) is 11.8. The number of thioether (sulfide) groups is 1. The van der Waals surface area contributed by atoms with Crippen molar-refractivity contribution in [2.75, 3.05) is 12.8 Å². The molecule has 0 aliphatic carbocycles. The standard InChI is InChI=1S/C15H15F2NOS/c1-20-12-4-2-11(3-5-12)19-15-13(16)8-10(6-7-18)9-14(15)17/h2-5,8-9H,6-7,18H2,1H3. The summed E-state index contributed by atoms with van der Waals surface area (Å²) in [6.07, 6.45) is 2.38. The van der Waals surface area contributed by atoms with Crippen LogP contribution in [0.2, 0.25) is 0 Å². The number of ether oxygens (including phenoxy) is 1. The van der Waals surface area contributed by atoms with Crippen molar-refractivity contribution >= 4 is 11.8 Å². The molecule has 0 heterocycles. The molecule has 2 rings (SSSR count). The molecule has 0 unspecified atom stereocenters. The second-order valence-electron chi connectivity index (χ2n) is 4.20. The molecule has 0 aromatic heterocycles. The van der Waals surface area contributed by atoms with Crippen LogP contribution >= 0.6 is 11.8 Å². The Morgan fingerprint density at radius 2 is 1.70 bits per heavy atom. The molecule has 0 spiro atoms. The van der Waals surface area contributed by atoms with Gasteiger partial charge in [0.2, 0.25) is 0 Å². The molecular formula is C15H15F2NOS. The lowest BCUT2D eigenvalue weighted by Gasteiger charge is -2.10. The van der Waals surface area contributed by atoms with E-state index in [1.807, 2.05) is 18.4 Å². The van der Waals surface area contributed by atoms with E-state index in [4.69, 9.17) is 10.5 Å². The van der Waals surface area contributed by atoms with Crippen LogP contribution in [0.1, 0.15) is 5.56 Å². The van der Waals surface area contributed by atoms with Crippen LogP contribution in [0.3, 0.4) is 0 Å². The highest BCUT2D eigenvalue weighted by molar-refractivity contribution is 7.98. The summed E-state index contributed by atoms with van der Waals surface area (Å²) in [5, 5.41) is 0. The van der Waals surface area contributed by atoms with Gasteiger partial charge in [-0.3, -0.25) is 0 Å². The lowest BCUT2D eigenvalue weighted by atomic mass is 10.1. The van der Waals surface area contributed by atoms with Crippen LogP contribution < -0.4 is 10.5 Å². The van der Waals surface area contributed by atoms with Gasteiger partial charge >= 0.3 is 0 Å². The van der Waals surface area contributed by atoms with E-state index in [2.05, 4.69) is 0 Å². The molecule has 0 aliphatic heterocycles. The maximum absolute atomic E-state index is 13.9. The lowest BCUT2D eigenvalue weighted by Crippen LogP contribution is -2.04. The Morgan fingerprint density at radius 1 is 1.10 bits per heavy atom. The fourth-order valence-corrected chi connectivity index (χ4v) is 2.19. The molecule has 0 bridgehead atoms. The molecule has 0 aliphatic rings. The molecule has 2 nitrogen and oxygen atoms in total. The first-order valence-electron chi connectivity index (χ1n) is 6.14. The quantitative estimate of drug-likeness (QED) is 0.847. The molecule has 5 heteroatoms. The van der Waals surface area contributed by atoms with Gasteiger partial charge in [-0.25, -0.2) is 8.78 Å². The maximum atomic E-state index is 13.9. The largest absolute Gasteiger partial charge is 0.451 e. The average Bonchev–Trinajstić information content (AvgIpc) is 2.44. The molecule has 0 radical (unpaired) electrons. The van der Waals surface area contributed by atoms with E-state index in [-0.39, 0.29) is 5.75 Å². The fraction of sp³-hybridized carbons (Fsp3) is 0.200. The predicted octanol–water partition coefficient (Wildman–Crippen LogP) is 3.98. The van der Waals surface area contributed by atoms with Crippen molar-refractivity contribution in [3.63, 3.8) is 0 Å². The number of hydrogen-bond donors (Lipinski definition) is 1. The number of benzene rings is 2. The minimum Gasteiger partial charge on any atom is -0.451 e. The molecule has 0 saturated heterocycles. The third-order valence-electron chi connectivity index (χ3n) is 2.77. The summed E-state index contributed by atoms with van der Waals surface area (Å²) in [4.78, 5) is 1.05. The van der Waals surface area contributed by atoms with E-state index in [9.17, 15) is 8.78 Å². The van der Waals surface area contributed by atoms with Gasteiger partial charge in [-0.05, 0) is 61.2 Å². The van der Waals surface area contributed by atoms with Gasteiger partial charge in [0.1, 0.15) is 5.75 Å². The molecule has 0 saturated carbocycles. The van der Waals surface area contributed by atoms with E-state index >= 15 is 0 Å². The summed E-state index contributed by atoms with van der Waals surface area (Å²) in [7, 11) is 0. The number of nitrogens with two attached hydrogens (primary N) is 1. The van der Waals surface area contributed by atoms with E-state index in [1.165, 1.54) is 12.1 Å². The Kier molecular flexibility index (Phi) is 4.98. The maximum Gasteiger partial charge on any atom is 0.198 e. The van der Waals surface area contributed by atoms with Gasteiger partial charge < -0.3 is 10.5 Å². The first-order chi connectivity index (χ1) is 9.63. The van der Waals surface area contributed by atoms with Gasteiger partial charge in [0.05, 0.1) is 0 Å².